The molecule has 3 rings (SSSR count). The number of halogens is 2. The zero-order valence-corrected chi connectivity index (χ0v) is 20.5. The van der Waals surface area contributed by atoms with E-state index >= 15 is 0 Å². The summed E-state index contributed by atoms with van der Waals surface area (Å²) < 4.78 is 19.2. The van der Waals surface area contributed by atoms with Gasteiger partial charge in [-0.3, -0.25) is 9.59 Å². The van der Waals surface area contributed by atoms with Crippen molar-refractivity contribution in [2.24, 2.45) is 0 Å². The lowest BCUT2D eigenvalue weighted by molar-refractivity contribution is -0.143. The molecule has 3 aromatic rings. The molecule has 0 aromatic heterocycles. The van der Waals surface area contributed by atoms with Crippen molar-refractivity contribution in [3.05, 3.63) is 101 Å². The lowest BCUT2D eigenvalue weighted by Gasteiger charge is -2.31. The second-order valence-corrected chi connectivity index (χ2v) is 8.59. The Morgan fingerprint density at radius 3 is 2.34 bits per heavy atom. The van der Waals surface area contributed by atoms with Gasteiger partial charge in [0.2, 0.25) is 5.91 Å². The van der Waals surface area contributed by atoms with Crippen LogP contribution < -0.4 is 10.1 Å². The van der Waals surface area contributed by atoms with E-state index in [2.05, 4.69) is 12.2 Å². The fourth-order valence-corrected chi connectivity index (χ4v) is 3.88. The lowest BCUT2D eigenvalue weighted by Crippen LogP contribution is -2.45. The molecule has 0 aliphatic heterocycles. The topological polar surface area (TPSA) is 58.6 Å². The van der Waals surface area contributed by atoms with Gasteiger partial charge in [0, 0.05) is 13.1 Å². The van der Waals surface area contributed by atoms with Crippen molar-refractivity contribution < 1.29 is 18.7 Å². The summed E-state index contributed by atoms with van der Waals surface area (Å²) in [6, 6.07) is 21.0. The molecule has 0 spiro atoms. The third-order valence-electron chi connectivity index (χ3n) is 5.53. The van der Waals surface area contributed by atoms with Gasteiger partial charge in [-0.2, -0.15) is 0 Å². The van der Waals surface area contributed by atoms with Crippen LogP contribution in [0.4, 0.5) is 4.39 Å². The Labute approximate surface area is 210 Å². The number of para-hydroxylation sites is 1. The fraction of sp³-hybridized carbons (Fsp3) is 0.286. The first-order valence-electron chi connectivity index (χ1n) is 11.7. The Balaban J connectivity index is 1.90. The average Bonchev–Trinajstić information content (AvgIpc) is 2.87. The maximum Gasteiger partial charge on any atom is 0.261 e. The number of carbonyl (C=O) groups excluding carboxylic acids is 2. The molecule has 0 bridgehead atoms. The number of hydrogen-bond donors (Lipinski definition) is 1. The minimum atomic E-state index is -0.884. The van der Waals surface area contributed by atoms with Crippen molar-refractivity contribution in [2.45, 2.75) is 38.8 Å². The Morgan fingerprint density at radius 2 is 1.66 bits per heavy atom. The van der Waals surface area contributed by atoms with E-state index in [4.69, 9.17) is 16.3 Å². The van der Waals surface area contributed by atoms with Crippen LogP contribution in [-0.4, -0.2) is 29.9 Å². The highest BCUT2D eigenvalue weighted by molar-refractivity contribution is 6.32. The summed E-state index contributed by atoms with van der Waals surface area (Å²) in [5.74, 6) is -0.668. The molecule has 5 nitrogen and oxygen atoms in total. The predicted molar refractivity (Wildman–Crippen MR) is 136 cm³/mol. The molecule has 7 heteroatoms. The second kappa shape index (κ2) is 13.5. The summed E-state index contributed by atoms with van der Waals surface area (Å²) in [6.45, 7) is 2.41. The smallest absolute Gasteiger partial charge is 0.261 e. The molecule has 184 valence electrons. The van der Waals surface area contributed by atoms with E-state index in [1.807, 2.05) is 30.3 Å². The molecule has 0 saturated heterocycles. The number of nitrogens with one attached hydrogen (secondary N) is 1. The monoisotopic (exact) mass is 496 g/mol. The maximum absolute atomic E-state index is 13.5. The predicted octanol–water partition coefficient (Wildman–Crippen LogP) is 5.93. The minimum absolute atomic E-state index is 0.104. The standard InChI is InChI=1S/C28H30ClFN2O3/c1-2-3-9-18-31-28(34)27(22-10-5-4-6-11-22)32(19-21-14-16-23(30)17-15-21)26(33)20-35-25-13-8-7-12-24(25)29/h4-8,10-17,27H,2-3,9,18-20H2,1H3,(H,31,34)/t27-/m0/s1. The normalized spacial score (nSPS) is 11.5. The van der Waals surface area contributed by atoms with Crippen LogP contribution in [0.15, 0.2) is 78.9 Å². The van der Waals surface area contributed by atoms with E-state index in [0.717, 1.165) is 19.3 Å². The van der Waals surface area contributed by atoms with E-state index < -0.39 is 11.9 Å². The first-order chi connectivity index (χ1) is 17.0. The zero-order chi connectivity index (χ0) is 25.0. The third-order valence-corrected chi connectivity index (χ3v) is 5.84. The van der Waals surface area contributed by atoms with Gasteiger partial charge in [-0.05, 0) is 41.8 Å². The summed E-state index contributed by atoms with van der Waals surface area (Å²) in [4.78, 5) is 28.4. The third kappa shape index (κ3) is 7.82. The van der Waals surface area contributed by atoms with Crippen LogP contribution >= 0.6 is 11.6 Å². The zero-order valence-electron chi connectivity index (χ0n) is 19.8. The van der Waals surface area contributed by atoms with Crippen LogP contribution in [0.25, 0.3) is 0 Å². The van der Waals surface area contributed by atoms with E-state index in [9.17, 15) is 14.0 Å². The number of hydrogen-bond acceptors (Lipinski definition) is 3. The number of ether oxygens (including phenoxy) is 1. The number of amides is 2. The summed E-state index contributed by atoms with van der Waals surface area (Å²) >= 11 is 6.17. The number of unbranched alkanes of at least 4 members (excludes halogenated alkanes) is 2. The van der Waals surface area contributed by atoms with Crippen molar-refractivity contribution in [2.75, 3.05) is 13.2 Å². The van der Waals surface area contributed by atoms with Crippen molar-refractivity contribution in [3.8, 4) is 5.75 Å². The van der Waals surface area contributed by atoms with Crippen LogP contribution in [0.3, 0.4) is 0 Å². The summed E-state index contributed by atoms with van der Waals surface area (Å²) in [5.41, 5.74) is 1.37. The molecule has 1 N–H and O–H groups in total. The van der Waals surface area contributed by atoms with Gasteiger partial charge in [0.1, 0.15) is 17.6 Å². The Hall–Kier alpha value is -3.38. The molecule has 0 aliphatic carbocycles. The van der Waals surface area contributed by atoms with Crippen LogP contribution in [0, 0.1) is 5.82 Å². The van der Waals surface area contributed by atoms with Crippen LogP contribution in [0.1, 0.15) is 43.4 Å². The number of benzene rings is 3. The Bertz CT molecular complexity index is 1090. The van der Waals surface area contributed by atoms with Gasteiger partial charge in [-0.1, -0.05) is 86.0 Å². The molecular formula is C28H30ClFN2O3. The van der Waals surface area contributed by atoms with Gasteiger partial charge in [-0.25, -0.2) is 4.39 Å². The lowest BCUT2D eigenvalue weighted by atomic mass is 10.0. The average molecular weight is 497 g/mol. The van der Waals surface area contributed by atoms with Crippen molar-refractivity contribution in [3.63, 3.8) is 0 Å². The fourth-order valence-electron chi connectivity index (χ4n) is 3.69. The highest BCUT2D eigenvalue weighted by atomic mass is 35.5. The van der Waals surface area contributed by atoms with E-state index in [-0.39, 0.29) is 24.9 Å². The number of rotatable bonds is 12. The molecule has 0 aliphatic rings. The largest absolute Gasteiger partial charge is 0.482 e. The van der Waals surface area contributed by atoms with Crippen LogP contribution in [-0.2, 0) is 16.1 Å². The molecule has 3 aromatic carbocycles. The van der Waals surface area contributed by atoms with E-state index in [1.165, 1.54) is 17.0 Å². The van der Waals surface area contributed by atoms with Gasteiger partial charge >= 0.3 is 0 Å². The van der Waals surface area contributed by atoms with Crippen molar-refractivity contribution in [1.29, 1.82) is 0 Å². The molecule has 1 atom stereocenters. The Kier molecular flexibility index (Phi) is 10.1. The molecule has 0 saturated carbocycles. The number of carbonyl (C=O) groups is 2. The minimum Gasteiger partial charge on any atom is -0.482 e. The Morgan fingerprint density at radius 1 is 0.971 bits per heavy atom. The summed E-state index contributed by atoms with van der Waals surface area (Å²) in [7, 11) is 0. The molecule has 35 heavy (non-hydrogen) atoms. The van der Waals surface area contributed by atoms with Crippen LogP contribution in [0.2, 0.25) is 5.02 Å². The maximum atomic E-state index is 13.5. The highest BCUT2D eigenvalue weighted by Crippen LogP contribution is 2.26. The quantitative estimate of drug-likeness (QED) is 0.316. The van der Waals surface area contributed by atoms with Crippen LogP contribution in [0.5, 0.6) is 5.75 Å². The first kappa shape index (κ1) is 26.2. The molecule has 0 radical (unpaired) electrons. The second-order valence-electron chi connectivity index (χ2n) is 8.18. The SMILES string of the molecule is CCCCCNC(=O)[C@H](c1ccccc1)N(Cc1ccc(F)cc1)C(=O)COc1ccccc1Cl. The van der Waals surface area contributed by atoms with Crippen molar-refractivity contribution in [1.82, 2.24) is 10.2 Å². The molecular weight excluding hydrogens is 467 g/mol. The van der Waals surface area contributed by atoms with Crippen molar-refractivity contribution >= 4 is 23.4 Å². The molecule has 0 unspecified atom stereocenters. The van der Waals surface area contributed by atoms with Gasteiger partial charge in [0.15, 0.2) is 6.61 Å². The number of nitrogens with zero attached hydrogens (tertiary/aromatic N) is 1. The van der Waals surface area contributed by atoms with Gasteiger partial charge < -0.3 is 15.0 Å². The molecule has 2 amide bonds. The van der Waals surface area contributed by atoms with Gasteiger partial charge in [0.05, 0.1) is 5.02 Å². The first-order valence-corrected chi connectivity index (χ1v) is 12.1. The molecule has 0 fully saturated rings. The van der Waals surface area contributed by atoms with Gasteiger partial charge in [0.25, 0.3) is 5.91 Å². The van der Waals surface area contributed by atoms with E-state index in [1.54, 1.807) is 36.4 Å². The summed E-state index contributed by atoms with van der Waals surface area (Å²) in [5, 5.41) is 3.36. The summed E-state index contributed by atoms with van der Waals surface area (Å²) in [6.07, 6.45) is 2.89. The van der Waals surface area contributed by atoms with Gasteiger partial charge in [-0.15, -0.1) is 0 Å². The van der Waals surface area contributed by atoms with E-state index in [0.29, 0.717) is 28.4 Å². The molecule has 0 heterocycles. The highest BCUT2D eigenvalue weighted by Gasteiger charge is 2.31.